The van der Waals surface area contributed by atoms with E-state index in [9.17, 15) is 4.39 Å². The van der Waals surface area contributed by atoms with E-state index in [1.54, 1.807) is 18.2 Å². The quantitative estimate of drug-likeness (QED) is 0.605. The summed E-state index contributed by atoms with van der Waals surface area (Å²) >= 11 is 11.7. The summed E-state index contributed by atoms with van der Waals surface area (Å²) in [5.74, 6) is 0.0983. The SMILES string of the molecule is Fc1ccc(-c2nc(Cl)cc(Cl)n2)c2ccccc12. The number of hydrogen-bond acceptors (Lipinski definition) is 2. The predicted octanol–water partition coefficient (Wildman–Crippen LogP) is 4.74. The Hall–Kier alpha value is -1.71. The maximum Gasteiger partial charge on any atom is 0.163 e. The van der Waals surface area contributed by atoms with E-state index < -0.39 is 0 Å². The van der Waals surface area contributed by atoms with Gasteiger partial charge in [-0.25, -0.2) is 14.4 Å². The molecule has 0 aliphatic heterocycles. The van der Waals surface area contributed by atoms with Crippen molar-refractivity contribution in [1.82, 2.24) is 9.97 Å². The molecule has 0 spiro atoms. The number of hydrogen-bond donors (Lipinski definition) is 0. The molecule has 3 rings (SSSR count). The maximum atomic E-state index is 13.7. The Bertz CT molecular complexity index is 754. The van der Waals surface area contributed by atoms with Crippen molar-refractivity contribution in [2.75, 3.05) is 0 Å². The van der Waals surface area contributed by atoms with Crippen LogP contribution in [0.4, 0.5) is 4.39 Å². The lowest BCUT2D eigenvalue weighted by molar-refractivity contribution is 0.640. The second kappa shape index (κ2) is 4.76. The molecule has 0 saturated carbocycles. The first kappa shape index (κ1) is 12.3. The zero-order valence-corrected chi connectivity index (χ0v) is 11.1. The molecule has 0 atom stereocenters. The summed E-state index contributed by atoms with van der Waals surface area (Å²) in [5.41, 5.74) is 0.696. The molecule has 0 radical (unpaired) electrons. The Morgan fingerprint density at radius 3 is 2.16 bits per heavy atom. The van der Waals surface area contributed by atoms with Crippen LogP contribution in [0.25, 0.3) is 22.2 Å². The monoisotopic (exact) mass is 292 g/mol. The first-order chi connectivity index (χ1) is 9.15. The van der Waals surface area contributed by atoms with E-state index in [0.717, 1.165) is 5.39 Å². The van der Waals surface area contributed by atoms with E-state index in [2.05, 4.69) is 9.97 Å². The number of rotatable bonds is 1. The van der Waals surface area contributed by atoms with Crippen molar-refractivity contribution in [2.24, 2.45) is 0 Å². The molecule has 2 nitrogen and oxygen atoms in total. The van der Waals surface area contributed by atoms with Gasteiger partial charge in [0.05, 0.1) is 0 Å². The number of halogens is 3. The molecule has 0 saturated heterocycles. The van der Waals surface area contributed by atoms with Crippen LogP contribution in [-0.4, -0.2) is 9.97 Å². The highest BCUT2D eigenvalue weighted by atomic mass is 35.5. The fourth-order valence-electron chi connectivity index (χ4n) is 1.97. The number of aromatic nitrogens is 2. The third-order valence-corrected chi connectivity index (χ3v) is 3.16. The largest absolute Gasteiger partial charge is 0.216 e. The van der Waals surface area contributed by atoms with Crippen molar-refractivity contribution < 1.29 is 4.39 Å². The molecular weight excluding hydrogens is 286 g/mol. The standard InChI is InChI=1S/C14H7Cl2FN2/c15-12-7-13(16)19-14(18-12)10-5-6-11(17)9-4-2-1-3-8(9)10/h1-7H. The van der Waals surface area contributed by atoms with Gasteiger partial charge in [-0.05, 0) is 17.5 Å². The lowest BCUT2D eigenvalue weighted by Crippen LogP contribution is -1.92. The van der Waals surface area contributed by atoms with Crippen molar-refractivity contribution in [1.29, 1.82) is 0 Å². The summed E-state index contributed by atoms with van der Waals surface area (Å²) < 4.78 is 13.7. The van der Waals surface area contributed by atoms with E-state index in [1.165, 1.54) is 12.1 Å². The molecule has 1 aromatic heterocycles. The van der Waals surface area contributed by atoms with Gasteiger partial charge < -0.3 is 0 Å². The van der Waals surface area contributed by atoms with Gasteiger partial charge in [-0.15, -0.1) is 0 Å². The van der Waals surface area contributed by atoms with Gasteiger partial charge >= 0.3 is 0 Å². The van der Waals surface area contributed by atoms with E-state index in [1.807, 2.05) is 12.1 Å². The Morgan fingerprint density at radius 1 is 0.842 bits per heavy atom. The fraction of sp³-hybridized carbons (Fsp3) is 0. The number of nitrogens with zero attached hydrogens (tertiary/aromatic N) is 2. The van der Waals surface area contributed by atoms with Gasteiger partial charge in [0.15, 0.2) is 5.82 Å². The van der Waals surface area contributed by atoms with Crippen LogP contribution in [0.1, 0.15) is 0 Å². The minimum absolute atomic E-state index is 0.253. The van der Waals surface area contributed by atoms with E-state index in [0.29, 0.717) is 16.8 Å². The molecule has 0 aliphatic rings. The van der Waals surface area contributed by atoms with Crippen molar-refractivity contribution in [2.45, 2.75) is 0 Å². The molecule has 94 valence electrons. The molecule has 19 heavy (non-hydrogen) atoms. The summed E-state index contributed by atoms with van der Waals surface area (Å²) in [5, 5.41) is 1.74. The zero-order valence-electron chi connectivity index (χ0n) is 9.57. The summed E-state index contributed by atoms with van der Waals surface area (Å²) in [6.45, 7) is 0. The molecular formula is C14H7Cl2FN2. The number of benzene rings is 2. The van der Waals surface area contributed by atoms with Gasteiger partial charge in [0.25, 0.3) is 0 Å². The normalized spacial score (nSPS) is 10.9. The molecule has 0 bridgehead atoms. The first-order valence-corrected chi connectivity index (χ1v) is 6.28. The minimum atomic E-state index is -0.285. The molecule has 0 unspecified atom stereocenters. The topological polar surface area (TPSA) is 25.8 Å². The molecule has 2 aromatic carbocycles. The van der Waals surface area contributed by atoms with Crippen LogP contribution in [0.15, 0.2) is 42.5 Å². The van der Waals surface area contributed by atoms with Crippen molar-refractivity contribution in [3.63, 3.8) is 0 Å². The van der Waals surface area contributed by atoms with Gasteiger partial charge in [-0.1, -0.05) is 47.5 Å². The Kier molecular flexibility index (Phi) is 3.09. The predicted molar refractivity (Wildman–Crippen MR) is 75.0 cm³/mol. The third kappa shape index (κ3) is 2.27. The van der Waals surface area contributed by atoms with E-state index in [-0.39, 0.29) is 16.1 Å². The molecule has 0 amide bonds. The van der Waals surface area contributed by atoms with Gasteiger partial charge in [-0.2, -0.15) is 0 Å². The average Bonchev–Trinajstić information content (AvgIpc) is 2.38. The van der Waals surface area contributed by atoms with E-state index >= 15 is 0 Å². The maximum absolute atomic E-state index is 13.7. The van der Waals surface area contributed by atoms with E-state index in [4.69, 9.17) is 23.2 Å². The Labute approximate surface area is 118 Å². The zero-order chi connectivity index (χ0) is 13.4. The Balaban J connectivity index is 2.34. The fourth-order valence-corrected chi connectivity index (χ4v) is 2.39. The highest BCUT2D eigenvalue weighted by molar-refractivity contribution is 6.33. The smallest absolute Gasteiger partial charge is 0.163 e. The van der Waals surface area contributed by atoms with Gasteiger partial charge in [0.1, 0.15) is 16.1 Å². The summed E-state index contributed by atoms with van der Waals surface area (Å²) in [4.78, 5) is 8.26. The van der Waals surface area contributed by atoms with Crippen LogP contribution >= 0.6 is 23.2 Å². The van der Waals surface area contributed by atoms with Gasteiger partial charge in [0, 0.05) is 17.0 Å². The third-order valence-electron chi connectivity index (χ3n) is 2.78. The first-order valence-electron chi connectivity index (χ1n) is 5.53. The van der Waals surface area contributed by atoms with Crippen LogP contribution in [0, 0.1) is 5.82 Å². The van der Waals surface area contributed by atoms with Gasteiger partial charge in [-0.3, -0.25) is 0 Å². The number of fused-ring (bicyclic) bond motifs is 1. The molecule has 0 N–H and O–H groups in total. The average molecular weight is 293 g/mol. The van der Waals surface area contributed by atoms with Crippen LogP contribution in [0.3, 0.4) is 0 Å². The van der Waals surface area contributed by atoms with Crippen molar-refractivity contribution in [3.05, 3.63) is 58.6 Å². The highest BCUT2D eigenvalue weighted by Crippen LogP contribution is 2.29. The van der Waals surface area contributed by atoms with Crippen LogP contribution in [-0.2, 0) is 0 Å². The van der Waals surface area contributed by atoms with Crippen molar-refractivity contribution in [3.8, 4) is 11.4 Å². The molecule has 5 heteroatoms. The lowest BCUT2D eigenvalue weighted by atomic mass is 10.0. The lowest BCUT2D eigenvalue weighted by Gasteiger charge is -2.07. The van der Waals surface area contributed by atoms with Crippen molar-refractivity contribution >= 4 is 34.0 Å². The van der Waals surface area contributed by atoms with Gasteiger partial charge in [0.2, 0.25) is 0 Å². The summed E-state index contributed by atoms with van der Waals surface area (Å²) in [6.07, 6.45) is 0. The minimum Gasteiger partial charge on any atom is -0.216 e. The molecule has 1 heterocycles. The molecule has 0 aliphatic carbocycles. The second-order valence-corrected chi connectivity index (χ2v) is 4.75. The van der Waals surface area contributed by atoms with Crippen LogP contribution < -0.4 is 0 Å². The Morgan fingerprint density at radius 2 is 1.47 bits per heavy atom. The van der Waals surface area contributed by atoms with Crippen LogP contribution in [0.5, 0.6) is 0 Å². The molecule has 3 aromatic rings. The van der Waals surface area contributed by atoms with Crippen LogP contribution in [0.2, 0.25) is 10.3 Å². The summed E-state index contributed by atoms with van der Waals surface area (Å²) in [6, 6.07) is 11.6. The highest BCUT2D eigenvalue weighted by Gasteiger charge is 2.11. The summed E-state index contributed by atoms with van der Waals surface area (Å²) in [7, 11) is 0. The molecule has 0 fully saturated rings. The second-order valence-electron chi connectivity index (χ2n) is 3.98.